The number of likely N-dealkylation sites (tertiary alicyclic amines) is 1. The van der Waals surface area contributed by atoms with Crippen LogP contribution >= 0.6 is 0 Å². The molecule has 6 heteroatoms. The van der Waals surface area contributed by atoms with Gasteiger partial charge >= 0.3 is 0 Å². The Labute approximate surface area is 163 Å². The zero-order chi connectivity index (χ0) is 19.5. The molecule has 0 aromatic heterocycles. The van der Waals surface area contributed by atoms with Crippen LogP contribution in [-0.4, -0.2) is 57.1 Å². The van der Waals surface area contributed by atoms with Crippen molar-refractivity contribution in [2.75, 3.05) is 40.3 Å². The third-order valence-corrected chi connectivity index (χ3v) is 5.05. The summed E-state index contributed by atoms with van der Waals surface area (Å²) in [6.07, 6.45) is 4.77. The number of nitrogens with zero attached hydrogens (tertiary/aromatic N) is 2. The number of aryl methyl sites for hydroxylation is 1. The van der Waals surface area contributed by atoms with Gasteiger partial charge in [0, 0.05) is 39.6 Å². The first-order chi connectivity index (χ1) is 13.2. The molecule has 1 amide bonds. The molecule has 1 aliphatic heterocycles. The van der Waals surface area contributed by atoms with E-state index in [0.29, 0.717) is 12.3 Å². The van der Waals surface area contributed by atoms with E-state index in [2.05, 4.69) is 34.6 Å². The molecular formula is C21H34N4O2. The van der Waals surface area contributed by atoms with Crippen molar-refractivity contribution in [3.05, 3.63) is 29.8 Å². The van der Waals surface area contributed by atoms with Gasteiger partial charge in [-0.1, -0.05) is 12.1 Å². The molecule has 150 valence electrons. The van der Waals surface area contributed by atoms with Gasteiger partial charge in [-0.2, -0.15) is 0 Å². The fourth-order valence-electron chi connectivity index (χ4n) is 3.40. The predicted molar refractivity (Wildman–Crippen MR) is 110 cm³/mol. The van der Waals surface area contributed by atoms with Gasteiger partial charge in [0.05, 0.1) is 7.11 Å². The number of methoxy groups -OCH3 is 1. The minimum Gasteiger partial charge on any atom is -0.497 e. The van der Waals surface area contributed by atoms with Crippen molar-refractivity contribution < 1.29 is 9.53 Å². The SMILES string of the molecule is CCNC(=NCCCc1ccc(OC)cc1)N1CCC(CC(=O)NC)CC1. The molecule has 2 rings (SSSR count). The first kappa shape index (κ1) is 21.1. The van der Waals surface area contributed by atoms with Crippen molar-refractivity contribution in [2.24, 2.45) is 10.9 Å². The van der Waals surface area contributed by atoms with E-state index in [4.69, 9.17) is 9.73 Å². The number of aliphatic imine (C=N–C) groups is 1. The quantitative estimate of drug-likeness (QED) is 0.417. The maximum absolute atomic E-state index is 11.6. The van der Waals surface area contributed by atoms with E-state index in [1.165, 1.54) is 5.56 Å². The monoisotopic (exact) mass is 374 g/mol. The summed E-state index contributed by atoms with van der Waals surface area (Å²) in [5.74, 6) is 2.53. The summed E-state index contributed by atoms with van der Waals surface area (Å²) in [4.78, 5) is 18.7. The van der Waals surface area contributed by atoms with E-state index in [1.54, 1.807) is 14.2 Å². The molecule has 1 saturated heterocycles. The molecule has 1 aromatic rings. The van der Waals surface area contributed by atoms with E-state index in [1.807, 2.05) is 12.1 Å². The first-order valence-electron chi connectivity index (χ1n) is 10.0. The van der Waals surface area contributed by atoms with Gasteiger partial charge in [-0.3, -0.25) is 9.79 Å². The third kappa shape index (κ3) is 7.12. The minimum absolute atomic E-state index is 0.146. The summed E-state index contributed by atoms with van der Waals surface area (Å²) in [5.41, 5.74) is 1.31. The standard InChI is InChI=1S/C21H34N4O2/c1-4-23-21(25-14-11-18(12-15-25)16-20(26)22-2)24-13-5-6-17-7-9-19(27-3)10-8-17/h7-10,18H,4-6,11-16H2,1-3H3,(H,22,26)(H,23,24). The predicted octanol–water partition coefficient (Wildman–Crippen LogP) is 2.44. The average molecular weight is 375 g/mol. The Morgan fingerprint density at radius 3 is 2.56 bits per heavy atom. The van der Waals surface area contributed by atoms with Crippen LogP contribution in [-0.2, 0) is 11.2 Å². The molecule has 1 aromatic carbocycles. The van der Waals surface area contributed by atoms with Gasteiger partial charge < -0.3 is 20.3 Å². The highest BCUT2D eigenvalue weighted by atomic mass is 16.5. The van der Waals surface area contributed by atoms with Crippen LogP contribution in [0.15, 0.2) is 29.3 Å². The molecule has 1 heterocycles. The number of ether oxygens (including phenoxy) is 1. The van der Waals surface area contributed by atoms with E-state index in [9.17, 15) is 4.79 Å². The highest BCUT2D eigenvalue weighted by molar-refractivity contribution is 5.80. The number of hydrogen-bond donors (Lipinski definition) is 2. The Hall–Kier alpha value is -2.24. The molecule has 1 aliphatic rings. The lowest BCUT2D eigenvalue weighted by atomic mass is 9.93. The van der Waals surface area contributed by atoms with Gasteiger partial charge in [-0.15, -0.1) is 0 Å². The Bertz CT molecular complexity index is 593. The molecule has 0 unspecified atom stereocenters. The summed E-state index contributed by atoms with van der Waals surface area (Å²) in [7, 11) is 3.40. The molecule has 0 atom stereocenters. The molecular weight excluding hydrogens is 340 g/mol. The number of hydrogen-bond acceptors (Lipinski definition) is 3. The number of piperidine rings is 1. The highest BCUT2D eigenvalue weighted by Crippen LogP contribution is 2.20. The maximum Gasteiger partial charge on any atom is 0.220 e. The van der Waals surface area contributed by atoms with Crippen molar-refractivity contribution >= 4 is 11.9 Å². The van der Waals surface area contributed by atoms with Crippen LogP contribution in [0.25, 0.3) is 0 Å². The summed E-state index contributed by atoms with van der Waals surface area (Å²) < 4.78 is 5.20. The van der Waals surface area contributed by atoms with Crippen LogP contribution < -0.4 is 15.4 Å². The van der Waals surface area contributed by atoms with Gasteiger partial charge in [0.25, 0.3) is 0 Å². The molecule has 0 radical (unpaired) electrons. The Morgan fingerprint density at radius 2 is 1.96 bits per heavy atom. The number of guanidine groups is 1. The smallest absolute Gasteiger partial charge is 0.220 e. The fraction of sp³-hybridized carbons (Fsp3) is 0.619. The van der Waals surface area contributed by atoms with Crippen LogP contribution in [0.5, 0.6) is 5.75 Å². The number of benzene rings is 1. The van der Waals surface area contributed by atoms with Crippen LogP contribution in [0.4, 0.5) is 0 Å². The topological polar surface area (TPSA) is 66.0 Å². The molecule has 1 fully saturated rings. The molecule has 2 N–H and O–H groups in total. The fourth-order valence-corrected chi connectivity index (χ4v) is 3.40. The van der Waals surface area contributed by atoms with Crippen molar-refractivity contribution in [1.29, 1.82) is 0 Å². The van der Waals surface area contributed by atoms with Gasteiger partial charge in [0.1, 0.15) is 5.75 Å². The van der Waals surface area contributed by atoms with Gasteiger partial charge in [-0.05, 0) is 56.2 Å². The van der Waals surface area contributed by atoms with E-state index < -0.39 is 0 Å². The second-order valence-corrected chi connectivity index (χ2v) is 7.00. The summed E-state index contributed by atoms with van der Waals surface area (Å²) >= 11 is 0. The third-order valence-electron chi connectivity index (χ3n) is 5.05. The molecule has 0 aliphatic carbocycles. The number of nitrogens with one attached hydrogen (secondary N) is 2. The first-order valence-corrected chi connectivity index (χ1v) is 10.0. The van der Waals surface area contributed by atoms with Gasteiger partial charge in [-0.25, -0.2) is 0 Å². The minimum atomic E-state index is 0.146. The lowest BCUT2D eigenvalue weighted by Crippen LogP contribution is -2.46. The average Bonchev–Trinajstić information content (AvgIpc) is 2.71. The van der Waals surface area contributed by atoms with Crippen molar-refractivity contribution in [3.8, 4) is 5.75 Å². The molecule has 0 bridgehead atoms. The largest absolute Gasteiger partial charge is 0.497 e. The second-order valence-electron chi connectivity index (χ2n) is 7.00. The van der Waals surface area contributed by atoms with Crippen molar-refractivity contribution in [1.82, 2.24) is 15.5 Å². The van der Waals surface area contributed by atoms with Crippen LogP contribution in [0.3, 0.4) is 0 Å². The second kappa shape index (κ2) is 11.5. The molecule has 27 heavy (non-hydrogen) atoms. The van der Waals surface area contributed by atoms with Gasteiger partial charge in [0.2, 0.25) is 5.91 Å². The van der Waals surface area contributed by atoms with Gasteiger partial charge in [0.15, 0.2) is 5.96 Å². The summed E-state index contributed by atoms with van der Waals surface area (Å²) in [5, 5.41) is 6.14. The highest BCUT2D eigenvalue weighted by Gasteiger charge is 2.22. The Balaban J connectivity index is 1.79. The zero-order valence-corrected chi connectivity index (χ0v) is 17.0. The van der Waals surface area contributed by atoms with E-state index >= 15 is 0 Å². The summed E-state index contributed by atoms with van der Waals surface area (Å²) in [6, 6.07) is 8.24. The zero-order valence-electron chi connectivity index (χ0n) is 17.0. The van der Waals surface area contributed by atoms with Crippen LogP contribution in [0.1, 0.15) is 38.2 Å². The normalized spacial score (nSPS) is 15.5. The summed E-state index contributed by atoms with van der Waals surface area (Å²) in [6.45, 7) is 5.71. The van der Waals surface area contributed by atoms with Crippen LogP contribution in [0, 0.1) is 5.92 Å². The van der Waals surface area contributed by atoms with Crippen molar-refractivity contribution in [3.63, 3.8) is 0 Å². The van der Waals surface area contributed by atoms with Crippen LogP contribution in [0.2, 0.25) is 0 Å². The maximum atomic E-state index is 11.6. The molecule has 6 nitrogen and oxygen atoms in total. The Morgan fingerprint density at radius 1 is 1.26 bits per heavy atom. The number of carbonyl (C=O) groups is 1. The Kier molecular flexibility index (Phi) is 8.95. The number of carbonyl (C=O) groups excluding carboxylic acids is 1. The lowest BCUT2D eigenvalue weighted by Gasteiger charge is -2.34. The number of rotatable bonds is 8. The number of amides is 1. The van der Waals surface area contributed by atoms with E-state index in [-0.39, 0.29) is 5.91 Å². The molecule has 0 spiro atoms. The molecule has 0 saturated carbocycles. The van der Waals surface area contributed by atoms with E-state index in [0.717, 1.165) is 63.6 Å². The van der Waals surface area contributed by atoms with Crippen molar-refractivity contribution in [2.45, 2.75) is 39.0 Å². The lowest BCUT2D eigenvalue weighted by molar-refractivity contribution is -0.121.